The zero-order chi connectivity index (χ0) is 10.6. The Morgan fingerprint density at radius 2 is 2.43 bits per heavy atom. The molecule has 0 aliphatic carbocycles. The van der Waals surface area contributed by atoms with E-state index in [0.717, 1.165) is 5.69 Å². The zero-order valence-corrected chi connectivity index (χ0v) is 8.50. The minimum atomic E-state index is -0.182. The Morgan fingerprint density at radius 1 is 1.71 bits per heavy atom. The summed E-state index contributed by atoms with van der Waals surface area (Å²) in [6.07, 6.45) is 0. The van der Waals surface area contributed by atoms with Crippen molar-refractivity contribution in [3.8, 4) is 0 Å². The molecule has 0 saturated heterocycles. The summed E-state index contributed by atoms with van der Waals surface area (Å²) in [4.78, 5) is 11.4. The molecule has 0 spiro atoms. The van der Waals surface area contributed by atoms with Crippen LogP contribution in [0.2, 0.25) is 0 Å². The van der Waals surface area contributed by atoms with Gasteiger partial charge in [0.2, 0.25) is 0 Å². The molecule has 0 radical (unpaired) electrons. The van der Waals surface area contributed by atoms with Gasteiger partial charge in [-0.05, 0) is 12.0 Å². The van der Waals surface area contributed by atoms with E-state index in [-0.39, 0.29) is 5.91 Å². The molecule has 5 nitrogen and oxygen atoms in total. The molecule has 0 bridgehead atoms. The summed E-state index contributed by atoms with van der Waals surface area (Å²) in [6.45, 7) is 4.99. The summed E-state index contributed by atoms with van der Waals surface area (Å²) in [5.74, 6) is 0.164. The number of nitrogens with two attached hydrogens (primary N) is 1. The molecule has 1 aromatic heterocycles. The highest BCUT2D eigenvalue weighted by molar-refractivity contribution is 5.92. The van der Waals surface area contributed by atoms with Crippen LogP contribution >= 0.6 is 0 Å². The van der Waals surface area contributed by atoms with Crippen molar-refractivity contribution in [2.24, 2.45) is 5.73 Å². The second-order valence-electron chi connectivity index (χ2n) is 3.41. The standard InChI is InChI=1S/C9H16N4O/c1-6(2)7-5-8(13-12-7)9(14)11-4-3-10/h5-6H,3-4,10H2,1-2H3,(H,11,14)(H,12,13). The van der Waals surface area contributed by atoms with Crippen molar-refractivity contribution in [1.29, 1.82) is 0 Å². The summed E-state index contributed by atoms with van der Waals surface area (Å²) in [5, 5.41) is 9.39. The average molecular weight is 196 g/mol. The number of amides is 1. The van der Waals surface area contributed by atoms with E-state index in [4.69, 9.17) is 5.73 Å². The predicted octanol–water partition coefficient (Wildman–Crippen LogP) is 0.222. The normalized spacial score (nSPS) is 10.6. The molecular weight excluding hydrogens is 180 g/mol. The smallest absolute Gasteiger partial charge is 0.271 e. The molecule has 0 atom stereocenters. The molecule has 14 heavy (non-hydrogen) atoms. The Kier molecular flexibility index (Phi) is 3.64. The number of aromatic amines is 1. The summed E-state index contributed by atoms with van der Waals surface area (Å²) < 4.78 is 0. The quantitative estimate of drug-likeness (QED) is 0.644. The van der Waals surface area contributed by atoms with E-state index in [2.05, 4.69) is 15.5 Å². The molecule has 1 heterocycles. The number of rotatable bonds is 4. The molecule has 5 heteroatoms. The first kappa shape index (κ1) is 10.7. The molecule has 0 fully saturated rings. The molecule has 4 N–H and O–H groups in total. The second-order valence-corrected chi connectivity index (χ2v) is 3.41. The van der Waals surface area contributed by atoms with Gasteiger partial charge in [-0.15, -0.1) is 0 Å². The summed E-state index contributed by atoms with van der Waals surface area (Å²) in [5.41, 5.74) is 6.65. The van der Waals surface area contributed by atoms with Crippen LogP contribution in [-0.4, -0.2) is 29.2 Å². The molecule has 0 saturated carbocycles. The van der Waals surface area contributed by atoms with E-state index in [0.29, 0.717) is 24.7 Å². The molecule has 0 aromatic carbocycles. The van der Waals surface area contributed by atoms with Crippen molar-refractivity contribution in [3.05, 3.63) is 17.5 Å². The van der Waals surface area contributed by atoms with Crippen molar-refractivity contribution < 1.29 is 4.79 Å². The third kappa shape index (κ3) is 2.56. The van der Waals surface area contributed by atoms with Crippen LogP contribution in [0, 0.1) is 0 Å². The number of hydrogen-bond donors (Lipinski definition) is 3. The van der Waals surface area contributed by atoms with Gasteiger partial charge in [-0.2, -0.15) is 5.10 Å². The Morgan fingerprint density at radius 3 is 2.93 bits per heavy atom. The van der Waals surface area contributed by atoms with Gasteiger partial charge in [-0.3, -0.25) is 9.89 Å². The molecule has 1 rings (SSSR count). The van der Waals surface area contributed by atoms with Crippen molar-refractivity contribution in [2.75, 3.05) is 13.1 Å². The third-order valence-electron chi connectivity index (χ3n) is 1.88. The van der Waals surface area contributed by atoms with Crippen molar-refractivity contribution in [1.82, 2.24) is 15.5 Å². The minimum absolute atomic E-state index is 0.182. The van der Waals surface area contributed by atoms with E-state index in [9.17, 15) is 4.79 Å². The van der Waals surface area contributed by atoms with Crippen molar-refractivity contribution in [2.45, 2.75) is 19.8 Å². The zero-order valence-electron chi connectivity index (χ0n) is 8.50. The molecule has 0 aliphatic heterocycles. The minimum Gasteiger partial charge on any atom is -0.349 e. The van der Waals surface area contributed by atoms with Gasteiger partial charge in [-0.25, -0.2) is 0 Å². The molecule has 0 unspecified atom stereocenters. The lowest BCUT2D eigenvalue weighted by molar-refractivity contribution is 0.0950. The Hall–Kier alpha value is -1.36. The lowest BCUT2D eigenvalue weighted by Crippen LogP contribution is -2.29. The fourth-order valence-corrected chi connectivity index (χ4v) is 1.02. The van der Waals surface area contributed by atoms with E-state index in [1.807, 2.05) is 13.8 Å². The number of H-pyrrole nitrogens is 1. The predicted molar refractivity (Wildman–Crippen MR) is 54.1 cm³/mol. The van der Waals surface area contributed by atoms with Gasteiger partial charge in [0.1, 0.15) is 5.69 Å². The van der Waals surface area contributed by atoms with Gasteiger partial charge >= 0.3 is 0 Å². The fraction of sp³-hybridized carbons (Fsp3) is 0.556. The van der Waals surface area contributed by atoms with E-state index in [1.54, 1.807) is 6.07 Å². The van der Waals surface area contributed by atoms with Gasteiger partial charge in [-0.1, -0.05) is 13.8 Å². The first-order valence-electron chi connectivity index (χ1n) is 4.68. The number of aromatic nitrogens is 2. The summed E-state index contributed by atoms with van der Waals surface area (Å²) in [7, 11) is 0. The van der Waals surface area contributed by atoms with Crippen LogP contribution in [0.15, 0.2) is 6.07 Å². The number of nitrogens with one attached hydrogen (secondary N) is 2. The first-order valence-corrected chi connectivity index (χ1v) is 4.68. The molecule has 0 aliphatic rings. The van der Waals surface area contributed by atoms with E-state index >= 15 is 0 Å². The highest BCUT2D eigenvalue weighted by Gasteiger charge is 2.10. The maximum Gasteiger partial charge on any atom is 0.271 e. The Balaban J connectivity index is 2.62. The third-order valence-corrected chi connectivity index (χ3v) is 1.88. The van der Waals surface area contributed by atoms with Gasteiger partial charge in [0.25, 0.3) is 5.91 Å². The molecule has 1 aromatic rings. The monoisotopic (exact) mass is 196 g/mol. The van der Waals surface area contributed by atoms with Crippen LogP contribution in [0.4, 0.5) is 0 Å². The van der Waals surface area contributed by atoms with E-state index in [1.165, 1.54) is 0 Å². The van der Waals surface area contributed by atoms with Crippen LogP contribution < -0.4 is 11.1 Å². The molecule has 1 amide bonds. The highest BCUT2D eigenvalue weighted by Crippen LogP contribution is 2.11. The first-order chi connectivity index (χ1) is 6.65. The fourth-order valence-electron chi connectivity index (χ4n) is 1.02. The van der Waals surface area contributed by atoms with Crippen LogP contribution in [0.1, 0.15) is 35.9 Å². The van der Waals surface area contributed by atoms with E-state index < -0.39 is 0 Å². The Bertz CT molecular complexity index is 306. The van der Waals surface area contributed by atoms with Crippen LogP contribution in [0.5, 0.6) is 0 Å². The average Bonchev–Trinajstić information content (AvgIpc) is 2.62. The maximum absolute atomic E-state index is 11.4. The lowest BCUT2D eigenvalue weighted by atomic mass is 10.1. The second kappa shape index (κ2) is 4.76. The summed E-state index contributed by atoms with van der Waals surface area (Å²) >= 11 is 0. The van der Waals surface area contributed by atoms with Gasteiger partial charge in [0.15, 0.2) is 0 Å². The van der Waals surface area contributed by atoms with Gasteiger partial charge < -0.3 is 11.1 Å². The lowest BCUT2D eigenvalue weighted by Gasteiger charge is -1.98. The SMILES string of the molecule is CC(C)c1cc(C(=O)NCCN)n[nH]1. The molecule has 78 valence electrons. The van der Waals surface area contributed by atoms with Gasteiger partial charge in [0.05, 0.1) is 0 Å². The Labute approximate surface area is 83.1 Å². The number of carbonyl (C=O) groups excluding carboxylic acids is 1. The number of carbonyl (C=O) groups is 1. The van der Waals surface area contributed by atoms with Crippen LogP contribution in [0.25, 0.3) is 0 Å². The maximum atomic E-state index is 11.4. The highest BCUT2D eigenvalue weighted by atomic mass is 16.1. The van der Waals surface area contributed by atoms with Crippen molar-refractivity contribution >= 4 is 5.91 Å². The van der Waals surface area contributed by atoms with Crippen molar-refractivity contribution in [3.63, 3.8) is 0 Å². The summed E-state index contributed by atoms with van der Waals surface area (Å²) in [6, 6.07) is 1.76. The topological polar surface area (TPSA) is 83.8 Å². The van der Waals surface area contributed by atoms with Crippen LogP contribution in [-0.2, 0) is 0 Å². The largest absolute Gasteiger partial charge is 0.349 e. The van der Waals surface area contributed by atoms with Crippen LogP contribution in [0.3, 0.4) is 0 Å². The molecular formula is C9H16N4O. The number of nitrogens with zero attached hydrogens (tertiary/aromatic N) is 1. The van der Waals surface area contributed by atoms with Gasteiger partial charge in [0, 0.05) is 18.8 Å². The number of hydrogen-bond acceptors (Lipinski definition) is 3.